The molecule has 0 bridgehead atoms. The Labute approximate surface area is 159 Å². The molecular formula is C21H17F3N2O2. The zero-order valence-corrected chi connectivity index (χ0v) is 14.8. The van der Waals surface area contributed by atoms with Crippen LogP contribution in [0.1, 0.15) is 16.8 Å². The van der Waals surface area contributed by atoms with E-state index in [0.717, 1.165) is 10.5 Å². The van der Waals surface area contributed by atoms with E-state index in [0.29, 0.717) is 16.6 Å². The third-order valence-corrected chi connectivity index (χ3v) is 5.08. The molecule has 1 aliphatic rings. The Morgan fingerprint density at radius 3 is 2.43 bits per heavy atom. The van der Waals surface area contributed by atoms with Crippen molar-refractivity contribution in [2.75, 3.05) is 13.1 Å². The molecular weight excluding hydrogens is 369 g/mol. The Hall–Kier alpha value is -2.93. The minimum atomic E-state index is -4.78. The number of para-hydroxylation sites is 1. The Kier molecular flexibility index (Phi) is 4.34. The fraction of sp³-hybridized carbons (Fsp3) is 0.238. The van der Waals surface area contributed by atoms with E-state index in [9.17, 15) is 23.1 Å². The van der Waals surface area contributed by atoms with Crippen molar-refractivity contribution in [1.82, 2.24) is 9.88 Å². The molecule has 28 heavy (non-hydrogen) atoms. The maximum absolute atomic E-state index is 13.1. The van der Waals surface area contributed by atoms with Crippen LogP contribution >= 0.6 is 0 Å². The maximum atomic E-state index is 13.1. The molecule has 4 nitrogen and oxygen atoms in total. The number of β-amino-alcohol motifs (C(OH)–C–C–N with tert-alkyl or cyclic N) is 1. The van der Waals surface area contributed by atoms with Crippen LogP contribution in [-0.2, 0) is 0 Å². The highest BCUT2D eigenvalue weighted by Gasteiger charge is 2.57. The number of pyridine rings is 1. The SMILES string of the molecule is O=C(c1cc(-c2ccccc2)nc2ccccc12)N1CC[C@](O)(C(F)(F)F)C1. The van der Waals surface area contributed by atoms with Gasteiger partial charge in [0.15, 0.2) is 5.60 Å². The van der Waals surface area contributed by atoms with Crippen molar-refractivity contribution in [3.63, 3.8) is 0 Å². The summed E-state index contributed by atoms with van der Waals surface area (Å²) >= 11 is 0. The molecule has 1 aliphatic heterocycles. The molecule has 2 aromatic carbocycles. The predicted molar refractivity (Wildman–Crippen MR) is 98.7 cm³/mol. The molecule has 4 rings (SSSR count). The summed E-state index contributed by atoms with van der Waals surface area (Å²) < 4.78 is 39.4. The molecule has 144 valence electrons. The largest absolute Gasteiger partial charge is 0.419 e. The van der Waals surface area contributed by atoms with E-state index in [2.05, 4.69) is 4.98 Å². The number of amides is 1. The predicted octanol–water partition coefficient (Wildman–Crippen LogP) is 4.04. The van der Waals surface area contributed by atoms with Gasteiger partial charge in [-0.3, -0.25) is 4.79 Å². The van der Waals surface area contributed by atoms with E-state index in [1.54, 1.807) is 30.3 Å². The van der Waals surface area contributed by atoms with Gasteiger partial charge in [0.1, 0.15) is 0 Å². The summed E-state index contributed by atoms with van der Waals surface area (Å²) in [6, 6.07) is 17.9. The van der Waals surface area contributed by atoms with Crippen LogP contribution in [-0.4, -0.2) is 45.8 Å². The number of hydrogen-bond donors (Lipinski definition) is 1. The van der Waals surface area contributed by atoms with Crippen LogP contribution in [0.5, 0.6) is 0 Å². The van der Waals surface area contributed by atoms with Gasteiger partial charge in [0.25, 0.3) is 5.91 Å². The zero-order chi connectivity index (χ0) is 19.9. The van der Waals surface area contributed by atoms with Crippen LogP contribution < -0.4 is 0 Å². The number of carbonyl (C=O) groups excluding carboxylic acids is 1. The lowest BCUT2D eigenvalue weighted by molar-refractivity contribution is -0.253. The summed E-state index contributed by atoms with van der Waals surface area (Å²) in [6.45, 7) is -0.932. The molecule has 0 radical (unpaired) electrons. The van der Waals surface area contributed by atoms with Crippen molar-refractivity contribution in [2.45, 2.75) is 18.2 Å². The third kappa shape index (κ3) is 3.11. The molecule has 0 unspecified atom stereocenters. The lowest BCUT2D eigenvalue weighted by atomic mass is 10.0. The lowest BCUT2D eigenvalue weighted by Gasteiger charge is -2.26. The van der Waals surface area contributed by atoms with E-state index in [1.807, 2.05) is 30.3 Å². The summed E-state index contributed by atoms with van der Waals surface area (Å²) in [7, 11) is 0. The first-order chi connectivity index (χ1) is 13.3. The standard InChI is InChI=1S/C21H17F3N2O2/c22-21(23,24)20(28)10-11-26(13-20)19(27)16-12-18(14-6-2-1-3-7-14)25-17-9-5-4-8-15(16)17/h1-9,12,28H,10-11,13H2/t20-/m1/s1. The Bertz CT molecular complexity index is 1040. The van der Waals surface area contributed by atoms with E-state index in [4.69, 9.17) is 0 Å². The average molecular weight is 386 g/mol. The van der Waals surface area contributed by atoms with E-state index < -0.39 is 30.7 Å². The number of carbonyl (C=O) groups is 1. The van der Waals surface area contributed by atoms with Gasteiger partial charge in [-0.05, 0) is 12.1 Å². The second-order valence-electron chi connectivity index (χ2n) is 6.94. The third-order valence-electron chi connectivity index (χ3n) is 5.08. The van der Waals surface area contributed by atoms with Crippen LogP contribution in [0.2, 0.25) is 0 Å². The molecule has 1 aromatic heterocycles. The van der Waals surface area contributed by atoms with Crippen LogP contribution in [0.25, 0.3) is 22.2 Å². The molecule has 0 spiro atoms. The Morgan fingerprint density at radius 2 is 1.75 bits per heavy atom. The highest BCUT2D eigenvalue weighted by Crippen LogP contribution is 2.38. The van der Waals surface area contributed by atoms with Gasteiger partial charge in [0.2, 0.25) is 0 Å². The molecule has 1 N–H and O–H groups in total. The van der Waals surface area contributed by atoms with Crippen LogP contribution in [0.3, 0.4) is 0 Å². The number of hydrogen-bond acceptors (Lipinski definition) is 3. The Balaban J connectivity index is 1.77. The fourth-order valence-electron chi connectivity index (χ4n) is 3.48. The molecule has 1 amide bonds. The van der Waals surface area contributed by atoms with Gasteiger partial charge in [-0.2, -0.15) is 13.2 Å². The monoisotopic (exact) mass is 386 g/mol. The van der Waals surface area contributed by atoms with E-state index in [-0.39, 0.29) is 12.1 Å². The number of halogens is 3. The topological polar surface area (TPSA) is 53.4 Å². The number of fused-ring (bicyclic) bond motifs is 1. The number of alkyl halides is 3. The van der Waals surface area contributed by atoms with Crippen molar-refractivity contribution in [1.29, 1.82) is 0 Å². The zero-order valence-electron chi connectivity index (χ0n) is 14.8. The van der Waals surface area contributed by atoms with Gasteiger partial charge in [0.05, 0.1) is 23.3 Å². The highest BCUT2D eigenvalue weighted by molar-refractivity contribution is 6.07. The van der Waals surface area contributed by atoms with Crippen molar-refractivity contribution in [3.8, 4) is 11.3 Å². The quantitative estimate of drug-likeness (QED) is 0.723. The minimum absolute atomic E-state index is 0.161. The van der Waals surface area contributed by atoms with E-state index >= 15 is 0 Å². The molecule has 1 saturated heterocycles. The van der Waals surface area contributed by atoms with Crippen LogP contribution in [0.15, 0.2) is 60.7 Å². The number of likely N-dealkylation sites (tertiary alicyclic amines) is 1. The van der Waals surface area contributed by atoms with Gasteiger partial charge in [-0.15, -0.1) is 0 Å². The highest BCUT2D eigenvalue weighted by atomic mass is 19.4. The number of benzene rings is 2. The lowest BCUT2D eigenvalue weighted by Crippen LogP contribution is -2.48. The molecule has 7 heteroatoms. The molecule has 1 atom stereocenters. The van der Waals surface area contributed by atoms with Crippen molar-refractivity contribution >= 4 is 16.8 Å². The summed E-state index contributed by atoms with van der Waals surface area (Å²) in [5.41, 5.74) is -0.648. The molecule has 2 heterocycles. The van der Waals surface area contributed by atoms with Gasteiger partial charge in [-0.1, -0.05) is 48.5 Å². The Morgan fingerprint density at radius 1 is 1.07 bits per heavy atom. The van der Waals surface area contributed by atoms with Crippen molar-refractivity contribution in [3.05, 3.63) is 66.2 Å². The molecule has 0 aliphatic carbocycles. The number of nitrogens with zero attached hydrogens (tertiary/aromatic N) is 2. The number of aliphatic hydroxyl groups is 1. The van der Waals surface area contributed by atoms with E-state index in [1.165, 1.54) is 0 Å². The summed E-state index contributed by atoms with van der Waals surface area (Å²) in [6.07, 6.45) is -5.31. The number of aromatic nitrogens is 1. The minimum Gasteiger partial charge on any atom is -0.379 e. The summed E-state index contributed by atoms with van der Waals surface area (Å²) in [5.74, 6) is -0.545. The summed E-state index contributed by atoms with van der Waals surface area (Å²) in [4.78, 5) is 18.7. The first-order valence-electron chi connectivity index (χ1n) is 8.82. The second kappa shape index (κ2) is 6.60. The average Bonchev–Trinajstić information content (AvgIpc) is 3.11. The van der Waals surface area contributed by atoms with Gasteiger partial charge in [0, 0.05) is 23.9 Å². The molecule has 3 aromatic rings. The smallest absolute Gasteiger partial charge is 0.379 e. The second-order valence-corrected chi connectivity index (χ2v) is 6.94. The van der Waals surface area contributed by atoms with Crippen molar-refractivity contribution in [2.24, 2.45) is 0 Å². The first-order valence-corrected chi connectivity index (χ1v) is 8.82. The van der Waals surface area contributed by atoms with Gasteiger partial charge >= 0.3 is 6.18 Å². The van der Waals surface area contributed by atoms with Crippen molar-refractivity contribution < 1.29 is 23.1 Å². The number of rotatable bonds is 2. The van der Waals surface area contributed by atoms with Crippen LogP contribution in [0, 0.1) is 0 Å². The van der Waals surface area contributed by atoms with Crippen LogP contribution in [0.4, 0.5) is 13.2 Å². The first kappa shape index (κ1) is 18.4. The fourth-order valence-corrected chi connectivity index (χ4v) is 3.48. The van der Waals surface area contributed by atoms with Gasteiger partial charge in [-0.25, -0.2) is 4.98 Å². The normalized spacial score (nSPS) is 19.9. The van der Waals surface area contributed by atoms with Gasteiger partial charge < -0.3 is 10.0 Å². The maximum Gasteiger partial charge on any atom is 0.419 e. The molecule has 0 saturated carbocycles. The molecule has 1 fully saturated rings. The summed E-state index contributed by atoms with van der Waals surface area (Å²) in [5, 5.41) is 10.5.